The Kier molecular flexibility index (Phi) is 4.33. The molecule has 0 atom stereocenters. The molecule has 0 spiro atoms. The zero-order valence-corrected chi connectivity index (χ0v) is 7.55. The van der Waals surface area contributed by atoms with E-state index < -0.39 is 30.0 Å². The van der Waals surface area contributed by atoms with Gasteiger partial charge in [-0.3, -0.25) is 0 Å². The average Bonchev–Trinajstić information content (AvgIpc) is 2.14. The lowest BCUT2D eigenvalue weighted by molar-refractivity contribution is -0.183. The van der Waals surface area contributed by atoms with Crippen LogP contribution in [0.1, 0.15) is 6.92 Å². The largest absolute Gasteiger partial charge is 0.454 e. The molecule has 0 unspecified atom stereocenters. The molecular weight excluding hydrogens is 213 g/mol. The molecule has 7 heteroatoms. The van der Waals surface area contributed by atoms with Gasteiger partial charge in [-0.25, -0.2) is 14.9 Å². The van der Waals surface area contributed by atoms with Crippen LogP contribution < -0.4 is 0 Å². The number of nitriles is 1. The van der Waals surface area contributed by atoms with Gasteiger partial charge >= 0.3 is 12.1 Å². The highest BCUT2D eigenvalue weighted by atomic mass is 19.4. The van der Waals surface area contributed by atoms with Gasteiger partial charge in [-0.1, -0.05) is 0 Å². The highest BCUT2D eigenvalue weighted by Crippen LogP contribution is 2.16. The van der Waals surface area contributed by atoms with Gasteiger partial charge in [-0.05, 0) is 6.92 Å². The van der Waals surface area contributed by atoms with Crippen LogP contribution in [0, 0.1) is 17.9 Å². The lowest BCUT2D eigenvalue weighted by Crippen LogP contribution is -2.21. The van der Waals surface area contributed by atoms with Crippen LogP contribution in [-0.2, 0) is 9.53 Å². The van der Waals surface area contributed by atoms with Crippen molar-refractivity contribution in [2.45, 2.75) is 13.1 Å². The summed E-state index contributed by atoms with van der Waals surface area (Å²) in [6.07, 6.45) is -4.62. The molecule has 0 N–H and O–H groups in total. The number of halogens is 3. The zero-order chi connectivity index (χ0) is 12.1. The number of esters is 1. The maximum atomic E-state index is 11.6. The summed E-state index contributed by atoms with van der Waals surface area (Å²) in [6.45, 7) is 5.77. The number of alkyl halides is 3. The topological polar surface area (TPSA) is 54.5 Å². The molecule has 0 aromatic rings. The summed E-state index contributed by atoms with van der Waals surface area (Å²) in [5.41, 5.74) is -1.01. The number of hydrogen-bond acceptors (Lipinski definition) is 3. The quantitative estimate of drug-likeness (QED) is 0.307. The van der Waals surface area contributed by atoms with Crippen LogP contribution in [-0.4, -0.2) is 18.8 Å². The van der Waals surface area contributed by atoms with E-state index in [1.165, 1.54) is 6.07 Å². The molecule has 0 radical (unpaired) electrons. The maximum absolute atomic E-state index is 11.6. The monoisotopic (exact) mass is 218 g/mol. The summed E-state index contributed by atoms with van der Waals surface area (Å²) in [4.78, 5) is 13.5. The number of ether oxygens (including phenoxy) is 1. The Hall–Kier alpha value is -2.02. The molecular formula is C8H5F3N2O2. The molecule has 0 rings (SSSR count). The minimum atomic E-state index is -4.62. The Bertz CT molecular complexity index is 355. The molecule has 15 heavy (non-hydrogen) atoms. The Morgan fingerprint density at radius 3 is 2.47 bits per heavy atom. The van der Waals surface area contributed by atoms with Crippen LogP contribution in [0.25, 0.3) is 4.85 Å². The van der Waals surface area contributed by atoms with Crippen LogP contribution in [0.2, 0.25) is 0 Å². The van der Waals surface area contributed by atoms with Crippen molar-refractivity contribution in [3.8, 4) is 6.07 Å². The minimum absolute atomic E-state index is 0.434. The van der Waals surface area contributed by atoms with Crippen LogP contribution in [0.3, 0.4) is 0 Å². The van der Waals surface area contributed by atoms with Crippen molar-refractivity contribution in [1.82, 2.24) is 0 Å². The highest BCUT2D eigenvalue weighted by molar-refractivity contribution is 5.89. The highest BCUT2D eigenvalue weighted by Gasteiger charge is 2.30. The summed E-state index contributed by atoms with van der Waals surface area (Å²) in [5.74, 6) is -1.32. The smallest absolute Gasteiger partial charge is 0.422 e. The van der Waals surface area contributed by atoms with Crippen LogP contribution in [0.4, 0.5) is 13.2 Å². The molecule has 0 aromatic carbocycles. The SMILES string of the molecule is [C-]#[N+]C(C#N)=C(C)C(=O)OCC(F)(F)F. The lowest BCUT2D eigenvalue weighted by Gasteiger charge is -2.07. The van der Waals surface area contributed by atoms with Gasteiger partial charge in [0.2, 0.25) is 0 Å². The summed E-state index contributed by atoms with van der Waals surface area (Å²) >= 11 is 0. The summed E-state index contributed by atoms with van der Waals surface area (Å²) < 4.78 is 38.7. The molecule has 4 nitrogen and oxygen atoms in total. The average molecular weight is 218 g/mol. The first-order chi connectivity index (χ1) is 6.81. The van der Waals surface area contributed by atoms with E-state index in [0.717, 1.165) is 6.92 Å². The van der Waals surface area contributed by atoms with E-state index in [1.807, 2.05) is 0 Å². The van der Waals surface area contributed by atoms with E-state index in [2.05, 4.69) is 9.58 Å². The lowest BCUT2D eigenvalue weighted by atomic mass is 10.2. The van der Waals surface area contributed by atoms with Gasteiger partial charge in [0.25, 0.3) is 5.70 Å². The first-order valence-corrected chi connectivity index (χ1v) is 3.54. The van der Waals surface area contributed by atoms with E-state index in [0.29, 0.717) is 0 Å². The van der Waals surface area contributed by atoms with Gasteiger partial charge in [0.05, 0.1) is 18.2 Å². The summed E-state index contributed by atoms with van der Waals surface area (Å²) in [5, 5.41) is 8.32. The van der Waals surface area contributed by atoms with Crippen LogP contribution in [0.15, 0.2) is 11.3 Å². The second-order valence-electron chi connectivity index (χ2n) is 2.39. The van der Waals surface area contributed by atoms with Gasteiger partial charge in [-0.2, -0.15) is 13.2 Å². The first kappa shape index (κ1) is 13.0. The van der Waals surface area contributed by atoms with Gasteiger partial charge in [0.1, 0.15) is 0 Å². The second kappa shape index (κ2) is 5.01. The van der Waals surface area contributed by atoms with Gasteiger partial charge in [0, 0.05) is 0 Å². The van der Waals surface area contributed by atoms with Crippen molar-refractivity contribution in [1.29, 1.82) is 5.26 Å². The minimum Gasteiger partial charge on any atom is -0.454 e. The van der Waals surface area contributed by atoms with Crippen molar-refractivity contribution < 1.29 is 22.7 Å². The van der Waals surface area contributed by atoms with E-state index >= 15 is 0 Å². The molecule has 80 valence electrons. The Labute approximate surface area is 83.4 Å². The Morgan fingerprint density at radius 2 is 2.13 bits per heavy atom. The van der Waals surface area contributed by atoms with E-state index in [1.54, 1.807) is 0 Å². The van der Waals surface area contributed by atoms with E-state index in [9.17, 15) is 18.0 Å². The molecule has 0 bridgehead atoms. The van der Waals surface area contributed by atoms with Crippen LogP contribution >= 0.6 is 0 Å². The third-order valence-electron chi connectivity index (χ3n) is 1.25. The molecule has 0 saturated heterocycles. The molecule has 0 saturated carbocycles. The Morgan fingerprint density at radius 1 is 1.60 bits per heavy atom. The van der Waals surface area contributed by atoms with Crippen molar-refractivity contribution in [2.75, 3.05) is 6.61 Å². The molecule has 0 amide bonds. The fourth-order valence-corrected chi connectivity index (χ4v) is 0.545. The van der Waals surface area contributed by atoms with Crippen molar-refractivity contribution >= 4 is 5.97 Å². The zero-order valence-electron chi connectivity index (χ0n) is 7.55. The number of nitrogens with zero attached hydrogens (tertiary/aromatic N) is 2. The normalized spacial score (nSPS) is 12.1. The number of carbonyl (C=O) groups is 1. The third kappa shape index (κ3) is 4.67. The maximum Gasteiger partial charge on any atom is 0.422 e. The fraction of sp³-hybridized carbons (Fsp3) is 0.375. The summed E-state index contributed by atoms with van der Waals surface area (Å²) in [7, 11) is 0. The van der Waals surface area contributed by atoms with E-state index in [-0.39, 0.29) is 0 Å². The van der Waals surface area contributed by atoms with Gasteiger partial charge in [0.15, 0.2) is 6.61 Å². The molecule has 0 aromatic heterocycles. The summed E-state index contributed by atoms with van der Waals surface area (Å²) in [6, 6.07) is 1.37. The predicted octanol–water partition coefficient (Wildman–Crippen LogP) is 1.81. The van der Waals surface area contributed by atoms with Crippen molar-refractivity contribution in [2.24, 2.45) is 0 Å². The Balaban J connectivity index is 4.58. The molecule has 0 aliphatic carbocycles. The third-order valence-corrected chi connectivity index (χ3v) is 1.25. The fourth-order valence-electron chi connectivity index (χ4n) is 0.545. The first-order valence-electron chi connectivity index (χ1n) is 3.54. The van der Waals surface area contributed by atoms with Crippen molar-refractivity contribution in [3.05, 3.63) is 22.7 Å². The van der Waals surface area contributed by atoms with Gasteiger partial charge in [-0.15, -0.1) is 0 Å². The number of rotatable bonds is 2. The second-order valence-corrected chi connectivity index (χ2v) is 2.39. The number of allylic oxidation sites excluding steroid dienone is 1. The molecule has 0 fully saturated rings. The molecule has 0 aliphatic rings. The van der Waals surface area contributed by atoms with Crippen molar-refractivity contribution in [3.63, 3.8) is 0 Å². The van der Waals surface area contributed by atoms with Crippen LogP contribution in [0.5, 0.6) is 0 Å². The number of carbonyl (C=O) groups excluding carboxylic acids is 1. The van der Waals surface area contributed by atoms with E-state index in [4.69, 9.17) is 11.8 Å². The molecule has 0 aliphatic heterocycles. The standard InChI is InChI=1S/C8H5F3N2O2/c1-5(6(3-12)13-2)7(14)15-4-8(9,10)11/h4H2,1H3. The van der Waals surface area contributed by atoms with Gasteiger partial charge < -0.3 is 4.74 Å². The molecule has 0 heterocycles. The number of hydrogen-bond donors (Lipinski definition) is 0. The predicted molar refractivity (Wildman–Crippen MR) is 41.9 cm³/mol.